The summed E-state index contributed by atoms with van der Waals surface area (Å²) in [4.78, 5) is 8.01. The number of aromatic hydroxyl groups is 2. The number of thiazole rings is 1. The minimum Gasteiger partial charge on any atom is -0.507 e. The molecule has 1 aromatic heterocycles. The third-order valence-electron chi connectivity index (χ3n) is 3.82. The molecule has 0 spiro atoms. The Morgan fingerprint density at radius 3 is 2.73 bits per heavy atom. The van der Waals surface area contributed by atoms with Crippen molar-refractivity contribution in [3.8, 4) is 11.5 Å². The van der Waals surface area contributed by atoms with E-state index < -0.39 is 0 Å². The van der Waals surface area contributed by atoms with Gasteiger partial charge in [0.05, 0.1) is 11.3 Å². The average Bonchev–Trinajstić information content (AvgIpc) is 2.74. The smallest absolute Gasteiger partial charge is 0.180 e. The first-order chi connectivity index (χ1) is 10.6. The molecular weight excluding hydrogens is 298 g/mol. The van der Waals surface area contributed by atoms with E-state index in [1.54, 1.807) is 35.6 Å². The van der Waals surface area contributed by atoms with Gasteiger partial charge in [-0.3, -0.25) is 4.90 Å². The summed E-state index contributed by atoms with van der Waals surface area (Å²) >= 11 is 1.59. The second-order valence-electron chi connectivity index (χ2n) is 5.33. The van der Waals surface area contributed by atoms with Gasteiger partial charge in [-0.05, 0) is 18.6 Å². The molecule has 0 unspecified atom stereocenters. The van der Waals surface area contributed by atoms with E-state index in [2.05, 4.69) is 9.88 Å². The van der Waals surface area contributed by atoms with Gasteiger partial charge in [0.2, 0.25) is 0 Å². The zero-order valence-electron chi connectivity index (χ0n) is 12.2. The molecule has 0 radical (unpaired) electrons. The monoisotopic (exact) mass is 317 g/mol. The average molecular weight is 317 g/mol. The van der Waals surface area contributed by atoms with Gasteiger partial charge in [-0.15, -0.1) is 11.3 Å². The molecule has 0 amide bonds. The number of rotatable bonds is 3. The Morgan fingerprint density at radius 1 is 1.23 bits per heavy atom. The van der Waals surface area contributed by atoms with E-state index in [1.807, 2.05) is 6.08 Å². The maximum absolute atomic E-state index is 9.75. The van der Waals surface area contributed by atoms with E-state index in [0.717, 1.165) is 38.2 Å². The van der Waals surface area contributed by atoms with Crippen LogP contribution in [0.5, 0.6) is 11.5 Å². The van der Waals surface area contributed by atoms with Crippen LogP contribution in [0.15, 0.2) is 24.3 Å². The number of nitrogens with zero attached hydrogens (tertiary/aromatic N) is 2. The number of aromatic nitrogens is 1. The van der Waals surface area contributed by atoms with E-state index in [1.165, 1.54) is 4.88 Å². The lowest BCUT2D eigenvalue weighted by molar-refractivity contribution is 0.318. The number of benzene rings is 1. The molecule has 4 N–H and O–H groups in total. The predicted molar refractivity (Wildman–Crippen MR) is 89.2 cm³/mol. The van der Waals surface area contributed by atoms with Crippen molar-refractivity contribution < 1.29 is 10.2 Å². The first-order valence-corrected chi connectivity index (χ1v) is 8.09. The molecule has 6 heteroatoms. The van der Waals surface area contributed by atoms with Gasteiger partial charge in [0.15, 0.2) is 5.13 Å². The molecule has 2 aromatic rings. The van der Waals surface area contributed by atoms with Crippen LogP contribution >= 0.6 is 11.3 Å². The van der Waals surface area contributed by atoms with Gasteiger partial charge in [0.25, 0.3) is 0 Å². The minimum atomic E-state index is 0.0916. The van der Waals surface area contributed by atoms with Crippen molar-refractivity contribution in [3.05, 3.63) is 40.4 Å². The molecule has 0 bridgehead atoms. The topological polar surface area (TPSA) is 82.6 Å². The number of phenolic OH excluding ortho intramolecular Hbond substituents is 2. The van der Waals surface area contributed by atoms with Gasteiger partial charge in [-0.25, -0.2) is 4.98 Å². The molecule has 1 aliphatic rings. The van der Waals surface area contributed by atoms with Gasteiger partial charge in [-0.1, -0.05) is 18.2 Å². The number of fused-ring (bicyclic) bond motifs is 1. The molecule has 2 heterocycles. The first kappa shape index (κ1) is 14.9. The van der Waals surface area contributed by atoms with Gasteiger partial charge >= 0.3 is 0 Å². The molecule has 3 rings (SSSR count). The molecule has 22 heavy (non-hydrogen) atoms. The molecule has 0 saturated heterocycles. The summed E-state index contributed by atoms with van der Waals surface area (Å²) in [7, 11) is 0. The third-order valence-corrected chi connectivity index (χ3v) is 4.81. The van der Waals surface area contributed by atoms with Crippen molar-refractivity contribution in [2.45, 2.75) is 12.8 Å². The van der Waals surface area contributed by atoms with Crippen LogP contribution in [0.2, 0.25) is 0 Å². The fourth-order valence-electron chi connectivity index (χ4n) is 2.64. The van der Waals surface area contributed by atoms with Crippen molar-refractivity contribution in [1.29, 1.82) is 0 Å². The molecule has 0 saturated carbocycles. The van der Waals surface area contributed by atoms with Crippen LogP contribution in [0.1, 0.15) is 16.1 Å². The SMILES string of the molecule is Nc1nc2c(s1)CCN(C/C=C/c1c(O)cccc1O)CC2. The van der Waals surface area contributed by atoms with Crippen LogP contribution in [0.4, 0.5) is 5.13 Å². The fourth-order valence-corrected chi connectivity index (χ4v) is 3.51. The van der Waals surface area contributed by atoms with Crippen molar-refractivity contribution in [1.82, 2.24) is 9.88 Å². The Hall–Kier alpha value is -2.05. The zero-order valence-corrected chi connectivity index (χ0v) is 13.0. The van der Waals surface area contributed by atoms with E-state index in [0.29, 0.717) is 10.7 Å². The third kappa shape index (κ3) is 3.23. The zero-order chi connectivity index (χ0) is 15.5. The normalized spacial score (nSPS) is 15.8. The van der Waals surface area contributed by atoms with Crippen LogP contribution < -0.4 is 5.73 Å². The highest BCUT2D eigenvalue weighted by Crippen LogP contribution is 2.27. The second-order valence-corrected chi connectivity index (χ2v) is 6.45. The lowest BCUT2D eigenvalue weighted by Gasteiger charge is -2.17. The molecule has 0 fully saturated rings. The Kier molecular flexibility index (Phi) is 4.31. The van der Waals surface area contributed by atoms with Crippen LogP contribution in [-0.4, -0.2) is 39.7 Å². The van der Waals surface area contributed by atoms with E-state index in [9.17, 15) is 10.2 Å². The summed E-state index contributed by atoms with van der Waals surface area (Å²) in [6.45, 7) is 2.68. The summed E-state index contributed by atoms with van der Waals surface area (Å²) in [5, 5.41) is 20.2. The quantitative estimate of drug-likeness (QED) is 0.809. The predicted octanol–water partition coefficient (Wildman–Crippen LogP) is 2.25. The van der Waals surface area contributed by atoms with E-state index in [-0.39, 0.29) is 11.5 Å². The van der Waals surface area contributed by atoms with Crippen LogP contribution in [0, 0.1) is 0 Å². The number of hydrogen-bond acceptors (Lipinski definition) is 6. The molecule has 1 aromatic carbocycles. The number of hydrogen-bond donors (Lipinski definition) is 3. The molecule has 1 aliphatic heterocycles. The minimum absolute atomic E-state index is 0.0916. The Morgan fingerprint density at radius 2 is 1.95 bits per heavy atom. The summed E-state index contributed by atoms with van der Waals surface area (Å²) in [6.07, 6.45) is 5.62. The molecule has 0 atom stereocenters. The van der Waals surface area contributed by atoms with Gasteiger partial charge in [-0.2, -0.15) is 0 Å². The molecule has 0 aliphatic carbocycles. The van der Waals surface area contributed by atoms with Crippen LogP contribution in [-0.2, 0) is 12.8 Å². The lowest BCUT2D eigenvalue weighted by atomic mass is 10.1. The summed E-state index contributed by atoms with van der Waals surface area (Å²) in [5.41, 5.74) is 7.35. The standard InChI is InChI=1S/C16H19N3O2S/c17-16-18-12-6-9-19(10-7-15(12)22-16)8-2-3-11-13(20)4-1-5-14(11)21/h1-5,20-21H,6-10H2,(H2,17,18)/b3-2+. The lowest BCUT2D eigenvalue weighted by Crippen LogP contribution is -2.26. The fraction of sp³-hybridized carbons (Fsp3) is 0.312. The van der Waals surface area contributed by atoms with Crippen LogP contribution in [0.25, 0.3) is 6.08 Å². The second kappa shape index (κ2) is 6.37. The maximum atomic E-state index is 9.75. The van der Waals surface area contributed by atoms with E-state index in [4.69, 9.17) is 5.73 Å². The molecule has 5 nitrogen and oxygen atoms in total. The largest absolute Gasteiger partial charge is 0.507 e. The van der Waals surface area contributed by atoms with Gasteiger partial charge in [0.1, 0.15) is 11.5 Å². The number of anilines is 1. The molecular formula is C16H19N3O2S. The van der Waals surface area contributed by atoms with Crippen molar-refractivity contribution in [2.75, 3.05) is 25.4 Å². The Bertz CT molecular complexity index is 651. The molecule has 116 valence electrons. The Labute approximate surface area is 133 Å². The van der Waals surface area contributed by atoms with Gasteiger partial charge < -0.3 is 15.9 Å². The maximum Gasteiger partial charge on any atom is 0.180 e. The van der Waals surface area contributed by atoms with Gasteiger partial charge in [0, 0.05) is 30.9 Å². The first-order valence-electron chi connectivity index (χ1n) is 7.27. The highest BCUT2D eigenvalue weighted by Gasteiger charge is 2.16. The number of nitrogens with two attached hydrogens (primary N) is 1. The van der Waals surface area contributed by atoms with Crippen molar-refractivity contribution in [3.63, 3.8) is 0 Å². The Balaban J connectivity index is 1.61. The number of nitrogen functional groups attached to an aromatic ring is 1. The summed E-state index contributed by atoms with van der Waals surface area (Å²) in [5.74, 6) is 0.183. The van der Waals surface area contributed by atoms with Crippen molar-refractivity contribution in [2.24, 2.45) is 0 Å². The van der Waals surface area contributed by atoms with Crippen LogP contribution in [0.3, 0.4) is 0 Å². The highest BCUT2D eigenvalue weighted by molar-refractivity contribution is 7.15. The van der Waals surface area contributed by atoms with E-state index >= 15 is 0 Å². The van der Waals surface area contributed by atoms with Crippen molar-refractivity contribution >= 4 is 22.5 Å². The highest BCUT2D eigenvalue weighted by atomic mass is 32.1. The number of phenols is 2. The summed E-state index contributed by atoms with van der Waals surface area (Å²) < 4.78 is 0. The summed E-state index contributed by atoms with van der Waals surface area (Å²) in [6, 6.07) is 4.76.